The number of rotatable bonds is 1. The second-order valence-electron chi connectivity index (χ2n) is 2.96. The van der Waals surface area contributed by atoms with Gasteiger partial charge >= 0.3 is 71.6 Å². The molecule has 0 bridgehead atoms. The van der Waals surface area contributed by atoms with Crippen molar-refractivity contribution in [1.29, 1.82) is 0 Å². The van der Waals surface area contributed by atoms with Crippen LogP contribution in [0, 0.1) is 5.92 Å². The fourth-order valence-corrected chi connectivity index (χ4v) is 7.07. The third kappa shape index (κ3) is 1.29. The second-order valence-corrected chi connectivity index (χ2v) is 8.26. The molecule has 1 heteroatoms. The number of hydrogen-bond donors (Lipinski definition) is 0. The van der Waals surface area contributed by atoms with Crippen LogP contribution in [0.2, 0.25) is 8.77 Å². The second kappa shape index (κ2) is 3.08. The van der Waals surface area contributed by atoms with Crippen LogP contribution in [-0.4, -0.2) is 0 Å². The van der Waals surface area contributed by atoms with E-state index in [9.17, 15) is 0 Å². The SMILES string of the molecule is C1=CC([CH]2CC[CH2][Ta]2)C=C1. The molecule has 0 radical (unpaired) electrons. The van der Waals surface area contributed by atoms with Crippen LogP contribution in [0.3, 0.4) is 0 Å². The molecule has 10 heavy (non-hydrogen) atoms. The van der Waals surface area contributed by atoms with Gasteiger partial charge in [-0.15, -0.1) is 0 Å². The Morgan fingerprint density at radius 2 is 2.00 bits per heavy atom. The first-order chi connectivity index (χ1) is 4.97. The molecule has 0 aromatic carbocycles. The van der Waals surface area contributed by atoms with Gasteiger partial charge < -0.3 is 0 Å². The van der Waals surface area contributed by atoms with Crippen LogP contribution in [0.25, 0.3) is 0 Å². The van der Waals surface area contributed by atoms with E-state index in [1.807, 2.05) is 0 Å². The molecule has 1 unspecified atom stereocenters. The van der Waals surface area contributed by atoms with Crippen LogP contribution in [-0.2, 0) is 19.8 Å². The molecule has 0 spiro atoms. The summed E-state index contributed by atoms with van der Waals surface area (Å²) in [7, 11) is 0. The third-order valence-electron chi connectivity index (χ3n) is 2.24. The molecule has 0 N–H and O–H groups in total. The molecule has 1 fully saturated rings. The van der Waals surface area contributed by atoms with E-state index in [0.717, 1.165) is 10.1 Å². The van der Waals surface area contributed by atoms with Gasteiger partial charge in [-0.1, -0.05) is 0 Å². The van der Waals surface area contributed by atoms with E-state index in [2.05, 4.69) is 24.3 Å². The minimum absolute atomic E-state index is 0.0144. The molecule has 0 amide bonds. The summed E-state index contributed by atoms with van der Waals surface area (Å²) in [5, 5.41) is 0. The molecule has 1 heterocycles. The summed E-state index contributed by atoms with van der Waals surface area (Å²) in [4.78, 5) is 0. The molecular weight excluding hydrogens is 289 g/mol. The average molecular weight is 301 g/mol. The van der Waals surface area contributed by atoms with Gasteiger partial charge in [0.05, 0.1) is 0 Å². The van der Waals surface area contributed by atoms with Crippen LogP contribution in [0.4, 0.5) is 0 Å². The third-order valence-corrected chi connectivity index (χ3v) is 8.16. The average Bonchev–Trinajstić information content (AvgIpc) is 2.59. The topological polar surface area (TPSA) is 0 Å². The van der Waals surface area contributed by atoms with Crippen molar-refractivity contribution in [2.24, 2.45) is 5.92 Å². The fraction of sp³-hybridized carbons (Fsp3) is 0.556. The van der Waals surface area contributed by atoms with E-state index in [0.29, 0.717) is 0 Å². The monoisotopic (exact) mass is 301 g/mol. The van der Waals surface area contributed by atoms with Gasteiger partial charge in [0.15, 0.2) is 0 Å². The molecule has 0 nitrogen and oxygen atoms in total. The van der Waals surface area contributed by atoms with Crippen molar-refractivity contribution in [2.45, 2.75) is 21.6 Å². The molecule has 0 aromatic rings. The molecule has 53 valence electrons. The molecule has 1 aliphatic heterocycles. The molecule has 1 saturated heterocycles. The summed E-state index contributed by atoms with van der Waals surface area (Å²) in [5.41, 5.74) is 0. The molecule has 2 aliphatic rings. The van der Waals surface area contributed by atoms with Gasteiger partial charge in [-0.25, -0.2) is 0 Å². The summed E-state index contributed by atoms with van der Waals surface area (Å²) in [5.74, 6) is 0.874. The van der Waals surface area contributed by atoms with Gasteiger partial charge in [-0.2, -0.15) is 0 Å². The normalized spacial score (nSPS) is 31.4. The Bertz CT molecular complexity index is 152. The Morgan fingerprint density at radius 3 is 2.60 bits per heavy atom. The van der Waals surface area contributed by atoms with E-state index in [-0.39, 0.29) is 19.8 Å². The Hall–Kier alpha value is 0.220. The first kappa shape index (κ1) is 6.90. The predicted octanol–water partition coefficient (Wildman–Crippen LogP) is 2.81. The van der Waals surface area contributed by atoms with E-state index in [4.69, 9.17) is 0 Å². The van der Waals surface area contributed by atoms with E-state index in [1.54, 1.807) is 11.1 Å². The van der Waals surface area contributed by atoms with Crippen LogP contribution in [0.15, 0.2) is 24.3 Å². The van der Waals surface area contributed by atoms with Crippen molar-refractivity contribution >= 4 is 0 Å². The van der Waals surface area contributed by atoms with Gasteiger partial charge in [0.25, 0.3) is 0 Å². The molecule has 2 rings (SSSR count). The maximum atomic E-state index is 2.39. The summed E-state index contributed by atoms with van der Waals surface area (Å²) in [6.07, 6.45) is 12.3. The van der Waals surface area contributed by atoms with Crippen LogP contribution >= 0.6 is 0 Å². The first-order valence-electron chi connectivity index (χ1n) is 3.98. The molecule has 1 atom stereocenters. The Balaban J connectivity index is 1.98. The van der Waals surface area contributed by atoms with Gasteiger partial charge in [0.2, 0.25) is 0 Å². The van der Waals surface area contributed by atoms with E-state index in [1.165, 1.54) is 6.42 Å². The standard InChI is InChI=1S/C9H12.Ta/c1-2-3-6-9-7-4-5-8-9;/h4-9H,1-3H2;. The van der Waals surface area contributed by atoms with Crippen LogP contribution < -0.4 is 0 Å². The maximum absolute atomic E-state index is 2.39. The number of hydrogen-bond acceptors (Lipinski definition) is 0. The van der Waals surface area contributed by atoms with E-state index >= 15 is 0 Å². The number of allylic oxidation sites excluding steroid dienone is 4. The van der Waals surface area contributed by atoms with Crippen molar-refractivity contribution in [3.05, 3.63) is 24.3 Å². The molecule has 1 aliphatic carbocycles. The van der Waals surface area contributed by atoms with Crippen LogP contribution in [0.1, 0.15) is 12.8 Å². The molecule has 0 saturated carbocycles. The van der Waals surface area contributed by atoms with Gasteiger partial charge in [0, 0.05) is 0 Å². The summed E-state index contributed by atoms with van der Waals surface area (Å²) >= 11 is -0.0144. The van der Waals surface area contributed by atoms with Crippen molar-refractivity contribution < 1.29 is 19.8 Å². The molecular formula is C9H12Ta. The molecule has 0 aromatic heterocycles. The Labute approximate surface area is 71.7 Å². The van der Waals surface area contributed by atoms with Crippen molar-refractivity contribution in [2.75, 3.05) is 0 Å². The quantitative estimate of drug-likeness (QED) is 0.698. The first-order valence-corrected chi connectivity index (χ1v) is 8.11. The fourth-order valence-electron chi connectivity index (χ4n) is 1.67. The van der Waals surface area contributed by atoms with Crippen molar-refractivity contribution in [3.8, 4) is 0 Å². The zero-order chi connectivity index (χ0) is 6.81. The van der Waals surface area contributed by atoms with Gasteiger partial charge in [-0.05, 0) is 0 Å². The van der Waals surface area contributed by atoms with Crippen LogP contribution in [0.5, 0.6) is 0 Å². The van der Waals surface area contributed by atoms with Gasteiger partial charge in [0.1, 0.15) is 0 Å². The van der Waals surface area contributed by atoms with Crippen molar-refractivity contribution in [1.82, 2.24) is 0 Å². The Morgan fingerprint density at radius 1 is 1.20 bits per heavy atom. The summed E-state index contributed by atoms with van der Waals surface area (Å²) in [6, 6.07) is 0. The van der Waals surface area contributed by atoms with Gasteiger partial charge in [-0.3, -0.25) is 0 Å². The zero-order valence-electron chi connectivity index (χ0n) is 6.03. The predicted molar refractivity (Wildman–Crippen MR) is 39.6 cm³/mol. The minimum atomic E-state index is -0.0144. The summed E-state index contributed by atoms with van der Waals surface area (Å²) < 4.78 is 2.80. The zero-order valence-corrected chi connectivity index (χ0v) is 9.25. The summed E-state index contributed by atoms with van der Waals surface area (Å²) in [6.45, 7) is 0. The van der Waals surface area contributed by atoms with Crippen molar-refractivity contribution in [3.63, 3.8) is 0 Å². The van der Waals surface area contributed by atoms with E-state index < -0.39 is 0 Å². The Kier molecular flexibility index (Phi) is 2.13.